The van der Waals surface area contributed by atoms with Crippen molar-refractivity contribution in [2.24, 2.45) is 0 Å². The van der Waals surface area contributed by atoms with Crippen molar-refractivity contribution >= 4 is 23.1 Å². The first-order valence-electron chi connectivity index (χ1n) is 8.27. The molecule has 134 valence electrons. The second kappa shape index (κ2) is 7.25. The van der Waals surface area contributed by atoms with Crippen LogP contribution >= 0.6 is 11.3 Å². The molecule has 26 heavy (non-hydrogen) atoms. The summed E-state index contributed by atoms with van der Waals surface area (Å²) in [6.45, 7) is 7.83. The Balaban J connectivity index is 1.92. The first-order chi connectivity index (χ1) is 12.4. The van der Waals surface area contributed by atoms with E-state index in [1.165, 1.54) is 16.9 Å². The van der Waals surface area contributed by atoms with Crippen molar-refractivity contribution in [2.45, 2.75) is 27.7 Å². The molecule has 0 aliphatic rings. The van der Waals surface area contributed by atoms with Crippen molar-refractivity contribution in [1.29, 1.82) is 0 Å². The number of nitrogens with one attached hydrogen (secondary N) is 1. The lowest BCUT2D eigenvalue weighted by Crippen LogP contribution is -2.13. The maximum Gasteiger partial charge on any atom is 0.268 e. The highest BCUT2D eigenvalue weighted by molar-refractivity contribution is 7.17. The molecule has 5 nitrogen and oxygen atoms in total. The molecule has 1 amide bonds. The molecule has 0 unspecified atom stereocenters. The van der Waals surface area contributed by atoms with E-state index in [1.54, 1.807) is 13.2 Å². The molecular formula is C20H21N3O2S. The van der Waals surface area contributed by atoms with Gasteiger partial charge in [0.2, 0.25) is 0 Å². The monoisotopic (exact) mass is 367 g/mol. The lowest BCUT2D eigenvalue weighted by atomic mass is 10.1. The van der Waals surface area contributed by atoms with Gasteiger partial charge >= 0.3 is 0 Å². The fraction of sp³-hybridized carbons (Fsp3) is 0.250. The van der Waals surface area contributed by atoms with E-state index in [4.69, 9.17) is 4.74 Å². The second-order valence-electron chi connectivity index (χ2n) is 6.21. The molecule has 0 radical (unpaired) electrons. The van der Waals surface area contributed by atoms with Gasteiger partial charge in [-0.25, -0.2) is 9.97 Å². The first kappa shape index (κ1) is 18.1. The van der Waals surface area contributed by atoms with Gasteiger partial charge in [-0.15, -0.1) is 11.3 Å². The quantitative estimate of drug-likeness (QED) is 0.726. The molecule has 0 atom stereocenters. The number of carbonyl (C=O) groups is 1. The Kier molecular flexibility index (Phi) is 5.04. The number of methoxy groups -OCH3 is 1. The predicted octanol–water partition coefficient (Wildman–Crippen LogP) is 4.70. The second-order valence-corrected chi connectivity index (χ2v) is 7.21. The number of ether oxygens (including phenoxy) is 1. The lowest BCUT2D eigenvalue weighted by Gasteiger charge is -2.09. The van der Waals surface area contributed by atoms with Crippen LogP contribution in [-0.2, 0) is 0 Å². The normalized spacial score (nSPS) is 10.7. The number of amides is 1. The molecule has 0 saturated carbocycles. The van der Waals surface area contributed by atoms with Crippen LogP contribution in [0.2, 0.25) is 0 Å². The van der Waals surface area contributed by atoms with Gasteiger partial charge in [-0.05, 0) is 45.4 Å². The van der Waals surface area contributed by atoms with Crippen molar-refractivity contribution < 1.29 is 9.53 Å². The van der Waals surface area contributed by atoms with Crippen LogP contribution < -0.4 is 10.1 Å². The maximum absolute atomic E-state index is 12.8. The minimum atomic E-state index is -0.229. The van der Waals surface area contributed by atoms with E-state index in [-0.39, 0.29) is 5.91 Å². The fourth-order valence-corrected chi connectivity index (χ4v) is 3.79. The molecule has 3 rings (SSSR count). The van der Waals surface area contributed by atoms with Crippen LogP contribution in [0, 0.1) is 27.7 Å². The zero-order valence-corrected chi connectivity index (χ0v) is 16.3. The Bertz CT molecular complexity index is 979. The number of rotatable bonds is 4. The van der Waals surface area contributed by atoms with E-state index >= 15 is 0 Å². The van der Waals surface area contributed by atoms with Gasteiger partial charge in [-0.3, -0.25) is 4.79 Å². The Labute approximate surface area is 157 Å². The summed E-state index contributed by atoms with van der Waals surface area (Å²) in [6.07, 6.45) is 0. The molecule has 1 N–H and O–H groups in total. The molecule has 0 spiro atoms. The van der Waals surface area contributed by atoms with Crippen molar-refractivity contribution in [3.05, 3.63) is 57.7 Å². The molecular weight excluding hydrogens is 346 g/mol. The van der Waals surface area contributed by atoms with Gasteiger partial charge in [-0.1, -0.05) is 23.8 Å². The zero-order chi connectivity index (χ0) is 18.8. The third kappa shape index (κ3) is 3.60. The van der Waals surface area contributed by atoms with Gasteiger partial charge in [0.15, 0.2) is 11.6 Å². The summed E-state index contributed by atoms with van der Waals surface area (Å²) in [5.41, 5.74) is 4.91. The summed E-state index contributed by atoms with van der Waals surface area (Å²) >= 11 is 1.39. The average Bonchev–Trinajstić information content (AvgIpc) is 2.96. The number of benzene rings is 1. The molecule has 1 aromatic carbocycles. The minimum absolute atomic E-state index is 0.229. The van der Waals surface area contributed by atoms with Crippen LogP contribution in [0.3, 0.4) is 0 Å². The highest BCUT2D eigenvalue weighted by atomic mass is 32.1. The number of nitrogens with zero attached hydrogens (tertiary/aromatic N) is 2. The van der Waals surface area contributed by atoms with E-state index in [9.17, 15) is 4.79 Å². The summed E-state index contributed by atoms with van der Waals surface area (Å²) in [7, 11) is 1.55. The Hall–Kier alpha value is -2.73. The number of aryl methyl sites for hydroxylation is 4. The van der Waals surface area contributed by atoms with Crippen LogP contribution in [0.25, 0.3) is 10.6 Å². The highest BCUT2D eigenvalue weighted by Gasteiger charge is 2.19. The van der Waals surface area contributed by atoms with Crippen molar-refractivity contribution in [2.75, 3.05) is 12.4 Å². The number of pyridine rings is 1. The summed E-state index contributed by atoms with van der Waals surface area (Å²) in [5, 5.41) is 3.69. The maximum atomic E-state index is 12.8. The molecule has 0 fully saturated rings. The number of aromatic nitrogens is 2. The number of carbonyl (C=O) groups excluding carboxylic acids is 1. The van der Waals surface area contributed by atoms with Crippen molar-refractivity contribution in [3.63, 3.8) is 0 Å². The smallest absolute Gasteiger partial charge is 0.268 e. The van der Waals surface area contributed by atoms with Crippen LogP contribution in [0.5, 0.6) is 5.75 Å². The lowest BCUT2D eigenvalue weighted by molar-refractivity contribution is 0.102. The number of hydrogen-bond donors (Lipinski definition) is 1. The third-order valence-electron chi connectivity index (χ3n) is 4.06. The fourth-order valence-electron chi connectivity index (χ4n) is 2.74. The molecule has 0 aliphatic carbocycles. The standard InChI is InChI=1S/C20H21N3O2S/c1-11-6-8-15(12(2)10-11)20-22-14(4)17(26-20)19(24)23-18-16(25-5)9-7-13(3)21-18/h6-10H,1-5H3,(H,21,23,24). The Morgan fingerprint density at radius 2 is 1.85 bits per heavy atom. The van der Waals surface area contributed by atoms with E-state index in [0.29, 0.717) is 22.1 Å². The van der Waals surface area contributed by atoms with E-state index in [1.807, 2.05) is 19.9 Å². The molecule has 0 saturated heterocycles. The van der Waals surface area contributed by atoms with Crippen LogP contribution in [-0.4, -0.2) is 23.0 Å². The van der Waals surface area contributed by atoms with Crippen LogP contribution in [0.4, 0.5) is 5.82 Å². The molecule has 0 aliphatic heterocycles. The topological polar surface area (TPSA) is 64.1 Å². The largest absolute Gasteiger partial charge is 0.493 e. The third-order valence-corrected chi connectivity index (χ3v) is 5.25. The molecule has 2 aromatic heterocycles. The van der Waals surface area contributed by atoms with Gasteiger partial charge in [0, 0.05) is 11.3 Å². The summed E-state index contributed by atoms with van der Waals surface area (Å²) in [4.78, 5) is 22.3. The van der Waals surface area contributed by atoms with Gasteiger partial charge < -0.3 is 10.1 Å². The first-order valence-corrected chi connectivity index (χ1v) is 9.08. The van der Waals surface area contributed by atoms with E-state index < -0.39 is 0 Å². The molecule has 6 heteroatoms. The van der Waals surface area contributed by atoms with Crippen LogP contribution in [0.15, 0.2) is 30.3 Å². The molecule has 2 heterocycles. The summed E-state index contributed by atoms with van der Waals surface area (Å²) < 4.78 is 5.28. The van der Waals surface area contributed by atoms with Crippen molar-refractivity contribution in [3.8, 4) is 16.3 Å². The summed E-state index contributed by atoms with van der Waals surface area (Å²) in [6, 6.07) is 9.85. The average molecular weight is 367 g/mol. The van der Waals surface area contributed by atoms with Gasteiger partial charge in [-0.2, -0.15) is 0 Å². The molecule has 3 aromatic rings. The number of hydrogen-bond acceptors (Lipinski definition) is 5. The van der Waals surface area contributed by atoms with Crippen molar-refractivity contribution in [1.82, 2.24) is 9.97 Å². The van der Waals surface area contributed by atoms with Gasteiger partial charge in [0.05, 0.1) is 12.8 Å². The zero-order valence-electron chi connectivity index (χ0n) is 15.5. The van der Waals surface area contributed by atoms with Gasteiger partial charge in [0.25, 0.3) is 5.91 Å². The Morgan fingerprint density at radius 3 is 2.54 bits per heavy atom. The minimum Gasteiger partial charge on any atom is -0.493 e. The molecule has 0 bridgehead atoms. The van der Waals surface area contributed by atoms with E-state index in [2.05, 4.69) is 47.3 Å². The summed E-state index contributed by atoms with van der Waals surface area (Å²) in [5.74, 6) is 0.714. The number of anilines is 1. The predicted molar refractivity (Wildman–Crippen MR) is 105 cm³/mol. The number of thiazole rings is 1. The van der Waals surface area contributed by atoms with E-state index in [0.717, 1.165) is 21.8 Å². The van der Waals surface area contributed by atoms with Crippen LogP contribution in [0.1, 0.15) is 32.2 Å². The Morgan fingerprint density at radius 1 is 1.08 bits per heavy atom. The highest BCUT2D eigenvalue weighted by Crippen LogP contribution is 2.31. The van der Waals surface area contributed by atoms with Gasteiger partial charge in [0.1, 0.15) is 9.88 Å². The SMILES string of the molecule is COc1ccc(C)nc1NC(=O)c1sc(-c2ccc(C)cc2C)nc1C.